The van der Waals surface area contributed by atoms with E-state index in [1.165, 1.54) is 25.4 Å². The number of piperazine rings is 1. The maximum absolute atomic E-state index is 14.2. The molecule has 1 fully saturated rings. The van der Waals surface area contributed by atoms with Gasteiger partial charge in [-0.05, 0) is 43.3 Å². The van der Waals surface area contributed by atoms with Crippen molar-refractivity contribution in [3.05, 3.63) is 68.6 Å². The number of rotatable bonds is 6. The van der Waals surface area contributed by atoms with Gasteiger partial charge in [0.25, 0.3) is 5.91 Å². The summed E-state index contributed by atoms with van der Waals surface area (Å²) in [7, 11) is 1.50. The Balaban J connectivity index is 1.46. The minimum Gasteiger partial charge on any atom is -0.497 e. The van der Waals surface area contributed by atoms with Gasteiger partial charge in [-0.1, -0.05) is 11.6 Å². The number of methoxy groups -OCH3 is 1. The Kier molecular flexibility index (Phi) is 7.55. The Labute approximate surface area is 231 Å². The zero-order chi connectivity index (χ0) is 27.9. The third-order valence-corrected chi connectivity index (χ3v) is 8.22. The third kappa shape index (κ3) is 5.21. The molecule has 39 heavy (non-hydrogen) atoms. The van der Waals surface area contributed by atoms with Crippen LogP contribution in [0.3, 0.4) is 0 Å². The number of fused-ring (bicyclic) bond motifs is 1. The first-order valence-electron chi connectivity index (χ1n) is 12.1. The smallest absolute Gasteiger partial charge is 0.433 e. The van der Waals surface area contributed by atoms with Gasteiger partial charge < -0.3 is 14.7 Å². The monoisotopic (exact) mass is 579 g/mol. The molecule has 1 unspecified atom stereocenters. The lowest BCUT2D eigenvalue weighted by Crippen LogP contribution is -2.50. The van der Waals surface area contributed by atoms with E-state index >= 15 is 0 Å². The molecule has 4 aromatic rings. The topological polar surface area (TPSA) is 83.2 Å². The van der Waals surface area contributed by atoms with Crippen molar-refractivity contribution in [1.82, 2.24) is 24.4 Å². The number of thiophene rings is 1. The van der Waals surface area contributed by atoms with Crippen LogP contribution in [0.2, 0.25) is 4.34 Å². The predicted octanol–water partition coefficient (Wildman–Crippen LogP) is 4.94. The fourth-order valence-electron chi connectivity index (χ4n) is 4.89. The molecule has 8 nitrogen and oxygen atoms in total. The predicted molar refractivity (Wildman–Crippen MR) is 141 cm³/mol. The van der Waals surface area contributed by atoms with E-state index in [0.717, 1.165) is 11.1 Å². The van der Waals surface area contributed by atoms with Gasteiger partial charge in [0.05, 0.1) is 36.0 Å². The summed E-state index contributed by atoms with van der Waals surface area (Å²) in [6.07, 6.45) is -3.58. The van der Waals surface area contributed by atoms with E-state index in [-0.39, 0.29) is 35.1 Å². The standard InChI is InChI=1S/C26H25ClF3N5O3S/c1-15-22(16-3-5-17(38-2)6-4-16)32-24-18(13-31-35(24)23(15)26(28,29)30)25(37)34-11-9-33(10-12-34)19(14-36)20-7-8-21(27)39-20/h3-8,13,19,36H,9-12,14H2,1-2H3. The van der Waals surface area contributed by atoms with Crippen molar-refractivity contribution in [2.75, 3.05) is 39.9 Å². The fraction of sp³-hybridized carbons (Fsp3) is 0.346. The highest BCUT2D eigenvalue weighted by molar-refractivity contribution is 7.16. The molecular formula is C26H25ClF3N5O3S. The van der Waals surface area contributed by atoms with Crippen LogP contribution in [0.4, 0.5) is 13.2 Å². The fourth-order valence-corrected chi connectivity index (χ4v) is 6.07. The van der Waals surface area contributed by atoms with Gasteiger partial charge in [-0.3, -0.25) is 9.69 Å². The highest BCUT2D eigenvalue weighted by Gasteiger charge is 2.39. The second-order valence-electron chi connectivity index (χ2n) is 9.12. The average Bonchev–Trinajstić information content (AvgIpc) is 3.54. The number of alkyl halides is 3. The summed E-state index contributed by atoms with van der Waals surface area (Å²) >= 11 is 7.45. The van der Waals surface area contributed by atoms with Gasteiger partial charge in [0.15, 0.2) is 11.3 Å². The summed E-state index contributed by atoms with van der Waals surface area (Å²) in [5, 5.41) is 13.9. The average molecular weight is 580 g/mol. The summed E-state index contributed by atoms with van der Waals surface area (Å²) < 4.78 is 49.1. The molecule has 0 aliphatic carbocycles. The van der Waals surface area contributed by atoms with Crippen molar-refractivity contribution >= 4 is 34.5 Å². The van der Waals surface area contributed by atoms with Crippen molar-refractivity contribution in [2.45, 2.75) is 19.1 Å². The highest BCUT2D eigenvalue weighted by atomic mass is 35.5. The van der Waals surface area contributed by atoms with Crippen LogP contribution in [0.15, 0.2) is 42.6 Å². The molecule has 206 valence electrons. The molecule has 1 saturated heterocycles. The number of aromatic nitrogens is 3. The van der Waals surface area contributed by atoms with E-state index in [2.05, 4.69) is 15.0 Å². The molecule has 1 amide bonds. The number of aliphatic hydroxyl groups is 1. The molecule has 0 spiro atoms. The number of hydrogen-bond acceptors (Lipinski definition) is 7. The molecular weight excluding hydrogens is 555 g/mol. The number of ether oxygens (including phenoxy) is 1. The number of carbonyl (C=O) groups is 1. The second-order valence-corrected chi connectivity index (χ2v) is 10.9. The first kappa shape index (κ1) is 27.4. The Morgan fingerprint density at radius 3 is 2.41 bits per heavy atom. The maximum atomic E-state index is 14.2. The normalized spacial score (nSPS) is 15.6. The molecule has 3 aromatic heterocycles. The zero-order valence-corrected chi connectivity index (χ0v) is 22.6. The van der Waals surface area contributed by atoms with Gasteiger partial charge in [-0.15, -0.1) is 11.3 Å². The number of nitrogens with zero attached hydrogens (tertiary/aromatic N) is 5. The molecule has 1 aliphatic heterocycles. The van der Waals surface area contributed by atoms with Crippen LogP contribution in [-0.4, -0.2) is 75.3 Å². The first-order chi connectivity index (χ1) is 18.6. The van der Waals surface area contributed by atoms with Crippen molar-refractivity contribution in [3.8, 4) is 17.0 Å². The number of halogens is 4. The van der Waals surface area contributed by atoms with Crippen LogP contribution < -0.4 is 4.74 Å². The van der Waals surface area contributed by atoms with E-state index in [4.69, 9.17) is 16.3 Å². The lowest BCUT2D eigenvalue weighted by Gasteiger charge is -2.38. The molecule has 0 radical (unpaired) electrons. The van der Waals surface area contributed by atoms with Crippen LogP contribution in [0.25, 0.3) is 16.9 Å². The number of aliphatic hydroxyl groups excluding tert-OH is 1. The van der Waals surface area contributed by atoms with Gasteiger partial charge in [0.2, 0.25) is 0 Å². The summed E-state index contributed by atoms with van der Waals surface area (Å²) in [6, 6.07) is 9.93. The molecule has 1 atom stereocenters. The van der Waals surface area contributed by atoms with E-state index in [1.807, 2.05) is 6.07 Å². The second kappa shape index (κ2) is 10.8. The zero-order valence-electron chi connectivity index (χ0n) is 21.1. The third-order valence-electron chi connectivity index (χ3n) is 6.88. The molecule has 0 saturated carbocycles. The van der Waals surface area contributed by atoms with Gasteiger partial charge in [0.1, 0.15) is 11.3 Å². The summed E-state index contributed by atoms with van der Waals surface area (Å²) in [6.45, 7) is 2.85. The molecule has 1 N–H and O–H groups in total. The largest absolute Gasteiger partial charge is 0.497 e. The number of carbonyl (C=O) groups excluding carboxylic acids is 1. The Morgan fingerprint density at radius 1 is 1.15 bits per heavy atom. The van der Waals surface area contributed by atoms with E-state index in [0.29, 0.717) is 46.3 Å². The highest BCUT2D eigenvalue weighted by Crippen LogP contribution is 2.37. The van der Waals surface area contributed by atoms with Gasteiger partial charge in [-0.2, -0.15) is 18.3 Å². The molecule has 13 heteroatoms. The van der Waals surface area contributed by atoms with Crippen molar-refractivity contribution in [2.24, 2.45) is 0 Å². The molecule has 1 aliphatic rings. The van der Waals surface area contributed by atoms with E-state index < -0.39 is 17.8 Å². The number of hydrogen-bond donors (Lipinski definition) is 1. The molecule has 4 heterocycles. The Bertz CT molecular complexity index is 1500. The van der Waals surface area contributed by atoms with E-state index in [1.54, 1.807) is 35.2 Å². The number of benzene rings is 1. The maximum Gasteiger partial charge on any atom is 0.433 e. The van der Waals surface area contributed by atoms with Crippen molar-refractivity contribution < 1.29 is 27.8 Å². The lowest BCUT2D eigenvalue weighted by atomic mass is 10.0. The number of amides is 1. The summed E-state index contributed by atoms with van der Waals surface area (Å²) in [4.78, 5) is 22.6. The molecule has 5 rings (SSSR count). The quantitative estimate of drug-likeness (QED) is 0.348. The van der Waals surface area contributed by atoms with Gasteiger partial charge in [0, 0.05) is 42.2 Å². The Morgan fingerprint density at radius 2 is 1.85 bits per heavy atom. The van der Waals surface area contributed by atoms with Crippen molar-refractivity contribution in [1.29, 1.82) is 0 Å². The SMILES string of the molecule is COc1ccc(-c2nc3c(C(=O)N4CCN(C(CO)c5ccc(Cl)s5)CC4)cnn3c(C(F)(F)F)c2C)cc1. The van der Waals surface area contributed by atoms with Crippen LogP contribution in [0, 0.1) is 6.92 Å². The Hall–Kier alpha value is -3.19. The summed E-state index contributed by atoms with van der Waals surface area (Å²) in [5.41, 5.74) is -0.683. The molecule has 0 bridgehead atoms. The van der Waals surface area contributed by atoms with Crippen molar-refractivity contribution in [3.63, 3.8) is 0 Å². The van der Waals surface area contributed by atoms with Crippen LogP contribution in [-0.2, 0) is 6.18 Å². The first-order valence-corrected chi connectivity index (χ1v) is 13.3. The van der Waals surface area contributed by atoms with Gasteiger partial charge in [-0.25, -0.2) is 9.50 Å². The van der Waals surface area contributed by atoms with Crippen LogP contribution in [0.5, 0.6) is 5.75 Å². The van der Waals surface area contributed by atoms with Gasteiger partial charge >= 0.3 is 6.18 Å². The molecule has 1 aromatic carbocycles. The minimum absolute atomic E-state index is 0.00698. The summed E-state index contributed by atoms with van der Waals surface area (Å²) in [5.74, 6) is 0.105. The van der Waals surface area contributed by atoms with Crippen LogP contribution >= 0.6 is 22.9 Å². The lowest BCUT2D eigenvalue weighted by molar-refractivity contribution is -0.143. The minimum atomic E-state index is -4.73. The van der Waals surface area contributed by atoms with E-state index in [9.17, 15) is 23.1 Å². The van der Waals surface area contributed by atoms with Crippen LogP contribution in [0.1, 0.15) is 32.5 Å².